The first kappa shape index (κ1) is 16.5. The molecule has 140 valence electrons. The lowest BCUT2D eigenvalue weighted by molar-refractivity contribution is 0.0425. The lowest BCUT2D eigenvalue weighted by Gasteiger charge is -2.37. The molecule has 8 nitrogen and oxygen atoms in total. The van der Waals surface area contributed by atoms with Gasteiger partial charge in [-0.3, -0.25) is 0 Å². The van der Waals surface area contributed by atoms with Gasteiger partial charge in [0.2, 0.25) is 0 Å². The molecule has 1 fully saturated rings. The summed E-state index contributed by atoms with van der Waals surface area (Å²) in [5.41, 5.74) is 2.90. The van der Waals surface area contributed by atoms with Gasteiger partial charge in [0.05, 0.1) is 22.3 Å². The van der Waals surface area contributed by atoms with Gasteiger partial charge in [-0.2, -0.15) is 0 Å². The molecule has 0 radical (unpaired) electrons. The molecule has 8 heteroatoms. The third-order valence-electron chi connectivity index (χ3n) is 5.27. The topological polar surface area (TPSA) is 93.2 Å². The van der Waals surface area contributed by atoms with Gasteiger partial charge in [0.1, 0.15) is 0 Å². The molecule has 0 bridgehead atoms. The lowest BCUT2D eigenvalue weighted by atomic mass is 10.1. The van der Waals surface area contributed by atoms with Gasteiger partial charge in [-0.25, -0.2) is 19.2 Å². The number of hydrogen-bond acceptors (Lipinski definition) is 8. The lowest BCUT2D eigenvalue weighted by Crippen LogP contribution is -2.46. The monoisotopic (exact) mass is 378 g/mol. The smallest absolute Gasteiger partial charge is 0.346 e. The molecule has 0 aliphatic carbocycles. The fourth-order valence-electron chi connectivity index (χ4n) is 3.76. The number of carbonyl (C=O) groups is 4. The fraction of sp³-hybridized carbons (Fsp3) is 0.200. The van der Waals surface area contributed by atoms with Crippen LogP contribution in [0.2, 0.25) is 0 Å². The van der Waals surface area contributed by atoms with Crippen LogP contribution in [0.5, 0.6) is 0 Å². The van der Waals surface area contributed by atoms with Gasteiger partial charge in [0, 0.05) is 37.6 Å². The Morgan fingerprint density at radius 3 is 1.29 bits per heavy atom. The molecule has 0 amide bonds. The summed E-state index contributed by atoms with van der Waals surface area (Å²) < 4.78 is 9.27. The van der Waals surface area contributed by atoms with Gasteiger partial charge < -0.3 is 19.3 Å². The normalized spacial score (nSPS) is 18.1. The van der Waals surface area contributed by atoms with Crippen LogP contribution in [0, 0.1) is 0 Å². The Morgan fingerprint density at radius 1 is 0.536 bits per heavy atom. The highest BCUT2D eigenvalue weighted by molar-refractivity contribution is 6.15. The maximum Gasteiger partial charge on any atom is 0.346 e. The Labute approximate surface area is 159 Å². The van der Waals surface area contributed by atoms with Gasteiger partial charge in [-0.05, 0) is 36.4 Å². The summed E-state index contributed by atoms with van der Waals surface area (Å²) in [6.07, 6.45) is 0. The zero-order valence-electron chi connectivity index (χ0n) is 14.6. The molecule has 0 atom stereocenters. The predicted octanol–water partition coefficient (Wildman–Crippen LogP) is 1.63. The average molecular weight is 378 g/mol. The second kappa shape index (κ2) is 5.91. The highest BCUT2D eigenvalue weighted by atomic mass is 16.6. The molecule has 0 N–H and O–H groups in total. The first-order valence-corrected chi connectivity index (χ1v) is 8.82. The largest absolute Gasteiger partial charge is 0.386 e. The van der Waals surface area contributed by atoms with E-state index in [4.69, 9.17) is 0 Å². The summed E-state index contributed by atoms with van der Waals surface area (Å²) in [6.45, 7) is 2.79. The number of fused-ring (bicyclic) bond motifs is 2. The van der Waals surface area contributed by atoms with Crippen molar-refractivity contribution in [2.75, 3.05) is 36.0 Å². The maximum atomic E-state index is 11.8. The van der Waals surface area contributed by atoms with Gasteiger partial charge >= 0.3 is 23.9 Å². The van der Waals surface area contributed by atoms with Gasteiger partial charge in [0.25, 0.3) is 0 Å². The zero-order chi connectivity index (χ0) is 19.4. The number of carbonyl (C=O) groups excluding carboxylic acids is 4. The minimum absolute atomic E-state index is 0.298. The first-order chi connectivity index (χ1) is 13.5. The highest BCUT2D eigenvalue weighted by Gasteiger charge is 2.32. The third-order valence-corrected chi connectivity index (χ3v) is 5.27. The van der Waals surface area contributed by atoms with Crippen molar-refractivity contribution in [2.45, 2.75) is 0 Å². The van der Waals surface area contributed by atoms with Crippen molar-refractivity contribution in [3.05, 3.63) is 58.7 Å². The van der Waals surface area contributed by atoms with E-state index in [1.807, 2.05) is 12.1 Å². The number of rotatable bonds is 2. The summed E-state index contributed by atoms with van der Waals surface area (Å²) in [7, 11) is 0. The predicted molar refractivity (Wildman–Crippen MR) is 96.8 cm³/mol. The van der Waals surface area contributed by atoms with Crippen LogP contribution in [-0.4, -0.2) is 50.1 Å². The van der Waals surface area contributed by atoms with E-state index in [1.165, 1.54) is 0 Å². The van der Waals surface area contributed by atoms with Gasteiger partial charge in [0.15, 0.2) is 0 Å². The summed E-state index contributed by atoms with van der Waals surface area (Å²) in [5, 5.41) is 0. The van der Waals surface area contributed by atoms with E-state index < -0.39 is 23.9 Å². The van der Waals surface area contributed by atoms with E-state index in [9.17, 15) is 19.2 Å². The van der Waals surface area contributed by atoms with Crippen molar-refractivity contribution < 1.29 is 28.7 Å². The standard InChI is InChI=1S/C20H14N2O6/c23-17-13-3-1-11(9-15(13)19(25)27-17)21-5-7-22(8-6-21)12-2-4-14-16(10-12)20(26)28-18(14)24/h1-4,9-10H,5-8H2. The van der Waals surface area contributed by atoms with E-state index in [0.717, 1.165) is 11.4 Å². The second-order valence-electron chi connectivity index (χ2n) is 6.79. The molecule has 0 aromatic heterocycles. The van der Waals surface area contributed by atoms with Crippen LogP contribution in [0.25, 0.3) is 0 Å². The van der Waals surface area contributed by atoms with Crippen LogP contribution in [0.1, 0.15) is 41.4 Å². The molecule has 0 unspecified atom stereocenters. The minimum atomic E-state index is -0.611. The van der Waals surface area contributed by atoms with Gasteiger partial charge in [-0.1, -0.05) is 0 Å². The molecule has 28 heavy (non-hydrogen) atoms. The van der Waals surface area contributed by atoms with Crippen LogP contribution in [0.3, 0.4) is 0 Å². The molecule has 3 aliphatic rings. The highest BCUT2D eigenvalue weighted by Crippen LogP contribution is 2.29. The summed E-state index contributed by atoms with van der Waals surface area (Å²) in [4.78, 5) is 50.9. The SMILES string of the molecule is O=C1OC(=O)c2cc(N3CCN(c4ccc5c(c4)C(=O)OC5=O)CC3)ccc21. The third kappa shape index (κ3) is 2.45. The number of benzene rings is 2. The Balaban J connectivity index is 1.33. The fourth-order valence-corrected chi connectivity index (χ4v) is 3.76. The molecule has 5 rings (SSSR count). The molecule has 0 saturated carbocycles. The average Bonchev–Trinajstić information content (AvgIpc) is 3.16. The number of nitrogens with zero attached hydrogens (tertiary/aromatic N) is 2. The van der Waals surface area contributed by atoms with Crippen molar-refractivity contribution in [2.24, 2.45) is 0 Å². The maximum absolute atomic E-state index is 11.8. The second-order valence-corrected chi connectivity index (χ2v) is 6.79. The first-order valence-electron chi connectivity index (χ1n) is 8.82. The Kier molecular flexibility index (Phi) is 3.48. The number of piperazine rings is 1. The Hall–Kier alpha value is -3.68. The van der Waals surface area contributed by atoms with E-state index in [2.05, 4.69) is 19.3 Å². The molecular formula is C20H14N2O6. The molecule has 3 aliphatic heterocycles. The summed E-state index contributed by atoms with van der Waals surface area (Å²) >= 11 is 0. The van der Waals surface area contributed by atoms with E-state index in [1.54, 1.807) is 24.3 Å². The number of cyclic esters (lactones) is 4. The zero-order valence-corrected chi connectivity index (χ0v) is 14.6. The van der Waals surface area contributed by atoms with Crippen molar-refractivity contribution in [1.82, 2.24) is 0 Å². The molecular weight excluding hydrogens is 364 g/mol. The Morgan fingerprint density at radius 2 is 0.893 bits per heavy atom. The molecule has 0 spiro atoms. The van der Waals surface area contributed by atoms with Crippen LogP contribution < -0.4 is 9.80 Å². The summed E-state index contributed by atoms with van der Waals surface area (Å²) in [6, 6.07) is 10.2. The van der Waals surface area contributed by atoms with Gasteiger partial charge in [-0.15, -0.1) is 0 Å². The van der Waals surface area contributed by atoms with Crippen LogP contribution in [0.4, 0.5) is 11.4 Å². The number of esters is 4. The van der Waals surface area contributed by atoms with Crippen molar-refractivity contribution in [3.8, 4) is 0 Å². The summed E-state index contributed by atoms with van der Waals surface area (Å²) in [5.74, 6) is -2.44. The quantitative estimate of drug-likeness (QED) is 0.575. The van der Waals surface area contributed by atoms with Crippen molar-refractivity contribution in [1.29, 1.82) is 0 Å². The van der Waals surface area contributed by atoms with Crippen molar-refractivity contribution >= 4 is 35.3 Å². The van der Waals surface area contributed by atoms with Crippen LogP contribution in [-0.2, 0) is 9.47 Å². The van der Waals surface area contributed by atoms with E-state index in [0.29, 0.717) is 48.4 Å². The van der Waals surface area contributed by atoms with Crippen molar-refractivity contribution in [3.63, 3.8) is 0 Å². The number of anilines is 2. The molecule has 3 heterocycles. The molecule has 2 aromatic rings. The van der Waals surface area contributed by atoms with E-state index >= 15 is 0 Å². The van der Waals surface area contributed by atoms with Crippen LogP contribution >= 0.6 is 0 Å². The molecule has 1 saturated heterocycles. The minimum Gasteiger partial charge on any atom is -0.386 e. The van der Waals surface area contributed by atoms with Crippen LogP contribution in [0.15, 0.2) is 36.4 Å². The molecule has 2 aromatic carbocycles. The Bertz CT molecular complexity index is 983. The number of ether oxygens (including phenoxy) is 2. The van der Waals surface area contributed by atoms with E-state index in [-0.39, 0.29) is 0 Å². The number of hydrogen-bond donors (Lipinski definition) is 0.